The van der Waals surface area contributed by atoms with Gasteiger partial charge in [0.15, 0.2) is 11.6 Å². The predicted octanol–water partition coefficient (Wildman–Crippen LogP) is 3.93. The van der Waals surface area contributed by atoms with Crippen molar-refractivity contribution in [2.75, 3.05) is 13.1 Å². The van der Waals surface area contributed by atoms with Crippen LogP contribution >= 0.6 is 0 Å². The first-order valence-electron chi connectivity index (χ1n) is 8.14. The van der Waals surface area contributed by atoms with Gasteiger partial charge in [-0.05, 0) is 43.2 Å². The molecule has 0 bridgehead atoms. The molecule has 0 aliphatic carbocycles. The maximum atomic E-state index is 13.7. The number of benzene rings is 2. The van der Waals surface area contributed by atoms with Crippen LogP contribution in [0.4, 0.5) is 13.2 Å². The number of likely N-dealkylation sites (tertiary alicyclic amines) is 1. The van der Waals surface area contributed by atoms with E-state index in [1.54, 1.807) is 4.90 Å². The zero-order valence-electron chi connectivity index (χ0n) is 13.6. The molecule has 1 saturated heterocycles. The van der Waals surface area contributed by atoms with Gasteiger partial charge in [0, 0.05) is 24.2 Å². The van der Waals surface area contributed by atoms with Crippen LogP contribution in [-0.4, -0.2) is 30.0 Å². The van der Waals surface area contributed by atoms with E-state index in [0.29, 0.717) is 18.7 Å². The maximum absolute atomic E-state index is 13.7. The van der Waals surface area contributed by atoms with Crippen molar-refractivity contribution in [2.45, 2.75) is 25.6 Å². The lowest BCUT2D eigenvalue weighted by molar-refractivity contribution is -0.00777. The van der Waals surface area contributed by atoms with E-state index in [0.717, 1.165) is 18.9 Å². The molecule has 25 heavy (non-hydrogen) atoms. The number of ether oxygens (including phenoxy) is 1. The molecule has 1 aliphatic heterocycles. The number of nitrogens with zero attached hydrogens (tertiary/aromatic N) is 1. The highest BCUT2D eigenvalue weighted by Gasteiger charge is 2.25. The Morgan fingerprint density at radius 3 is 2.64 bits per heavy atom. The molecule has 1 atom stereocenters. The molecule has 0 N–H and O–H groups in total. The summed E-state index contributed by atoms with van der Waals surface area (Å²) < 4.78 is 45.5. The van der Waals surface area contributed by atoms with Crippen molar-refractivity contribution in [1.29, 1.82) is 0 Å². The summed E-state index contributed by atoms with van der Waals surface area (Å²) in [5, 5.41) is 0. The van der Waals surface area contributed by atoms with Crippen LogP contribution in [0.3, 0.4) is 0 Å². The molecular weight excluding hydrogens is 331 g/mol. The van der Waals surface area contributed by atoms with E-state index in [-0.39, 0.29) is 24.2 Å². The van der Waals surface area contributed by atoms with Gasteiger partial charge in [-0.3, -0.25) is 4.79 Å². The SMILES string of the molecule is O=C(c1ccc(F)cc1)N1CCC[C@@H](OCc2cccc(F)c2F)C1. The van der Waals surface area contributed by atoms with Crippen LogP contribution in [0.2, 0.25) is 0 Å². The normalized spacial score (nSPS) is 17.6. The number of halogens is 3. The minimum atomic E-state index is -0.905. The minimum absolute atomic E-state index is 0.0488. The summed E-state index contributed by atoms with van der Waals surface area (Å²) in [6, 6.07) is 9.36. The number of hydrogen-bond donors (Lipinski definition) is 0. The third kappa shape index (κ3) is 4.20. The van der Waals surface area contributed by atoms with E-state index < -0.39 is 17.5 Å². The van der Waals surface area contributed by atoms with Crippen molar-refractivity contribution in [1.82, 2.24) is 4.90 Å². The number of rotatable bonds is 4. The second-order valence-electron chi connectivity index (χ2n) is 6.05. The fourth-order valence-electron chi connectivity index (χ4n) is 2.90. The van der Waals surface area contributed by atoms with E-state index >= 15 is 0 Å². The van der Waals surface area contributed by atoms with Crippen LogP contribution in [-0.2, 0) is 11.3 Å². The van der Waals surface area contributed by atoms with Gasteiger partial charge in [0.05, 0.1) is 12.7 Å². The van der Waals surface area contributed by atoms with Crippen molar-refractivity contribution in [3.05, 3.63) is 71.0 Å². The van der Waals surface area contributed by atoms with Gasteiger partial charge in [-0.2, -0.15) is 0 Å². The summed E-state index contributed by atoms with van der Waals surface area (Å²) in [5.74, 6) is -2.39. The van der Waals surface area contributed by atoms with Crippen LogP contribution in [0.5, 0.6) is 0 Å². The monoisotopic (exact) mass is 349 g/mol. The van der Waals surface area contributed by atoms with Crippen LogP contribution in [0.1, 0.15) is 28.8 Å². The summed E-state index contributed by atoms with van der Waals surface area (Å²) in [5.41, 5.74) is 0.570. The molecule has 132 valence electrons. The van der Waals surface area contributed by atoms with Gasteiger partial charge in [-0.15, -0.1) is 0 Å². The molecule has 6 heteroatoms. The first-order valence-corrected chi connectivity index (χ1v) is 8.14. The molecule has 0 unspecified atom stereocenters. The van der Waals surface area contributed by atoms with E-state index in [4.69, 9.17) is 4.74 Å². The van der Waals surface area contributed by atoms with E-state index in [1.807, 2.05) is 0 Å². The molecule has 3 rings (SSSR count). The quantitative estimate of drug-likeness (QED) is 0.837. The predicted molar refractivity (Wildman–Crippen MR) is 86.5 cm³/mol. The Kier molecular flexibility index (Phi) is 5.38. The number of carbonyl (C=O) groups is 1. The highest BCUT2D eigenvalue weighted by molar-refractivity contribution is 5.94. The Bertz CT molecular complexity index is 749. The van der Waals surface area contributed by atoms with Crippen molar-refractivity contribution in [3.63, 3.8) is 0 Å². The first kappa shape index (κ1) is 17.5. The second kappa shape index (κ2) is 7.70. The molecule has 0 aromatic heterocycles. The molecule has 1 amide bonds. The van der Waals surface area contributed by atoms with Crippen LogP contribution in [0.25, 0.3) is 0 Å². The molecule has 0 radical (unpaired) electrons. The van der Waals surface area contributed by atoms with Gasteiger partial charge in [0.1, 0.15) is 5.82 Å². The Morgan fingerprint density at radius 2 is 1.88 bits per heavy atom. The zero-order chi connectivity index (χ0) is 17.8. The fourth-order valence-corrected chi connectivity index (χ4v) is 2.90. The van der Waals surface area contributed by atoms with Crippen molar-refractivity contribution in [3.8, 4) is 0 Å². The molecule has 3 nitrogen and oxygen atoms in total. The van der Waals surface area contributed by atoms with Gasteiger partial charge in [0.25, 0.3) is 5.91 Å². The van der Waals surface area contributed by atoms with Gasteiger partial charge in [-0.1, -0.05) is 12.1 Å². The van der Waals surface area contributed by atoms with Gasteiger partial charge in [-0.25, -0.2) is 13.2 Å². The minimum Gasteiger partial charge on any atom is -0.372 e. The van der Waals surface area contributed by atoms with Crippen LogP contribution < -0.4 is 0 Å². The third-order valence-corrected chi connectivity index (χ3v) is 4.26. The van der Waals surface area contributed by atoms with Crippen molar-refractivity contribution >= 4 is 5.91 Å². The van der Waals surface area contributed by atoms with Crippen LogP contribution in [0, 0.1) is 17.5 Å². The Morgan fingerprint density at radius 1 is 1.12 bits per heavy atom. The number of piperidine rings is 1. The number of hydrogen-bond acceptors (Lipinski definition) is 2. The molecule has 1 heterocycles. The van der Waals surface area contributed by atoms with E-state index in [2.05, 4.69) is 0 Å². The van der Waals surface area contributed by atoms with Gasteiger partial charge >= 0.3 is 0 Å². The maximum Gasteiger partial charge on any atom is 0.253 e. The van der Waals surface area contributed by atoms with Crippen LogP contribution in [0.15, 0.2) is 42.5 Å². The molecular formula is C19H18F3NO2. The Labute approximate surface area is 144 Å². The highest BCUT2D eigenvalue weighted by atomic mass is 19.2. The summed E-state index contributed by atoms with van der Waals surface area (Å²) in [4.78, 5) is 14.1. The highest BCUT2D eigenvalue weighted by Crippen LogP contribution is 2.19. The average molecular weight is 349 g/mol. The van der Waals surface area contributed by atoms with Gasteiger partial charge < -0.3 is 9.64 Å². The second-order valence-corrected chi connectivity index (χ2v) is 6.05. The molecule has 0 spiro atoms. The fraction of sp³-hybridized carbons (Fsp3) is 0.316. The molecule has 2 aromatic rings. The third-order valence-electron chi connectivity index (χ3n) is 4.26. The lowest BCUT2D eigenvalue weighted by Crippen LogP contribution is -2.43. The van der Waals surface area contributed by atoms with Crippen molar-refractivity contribution in [2.24, 2.45) is 0 Å². The Balaban J connectivity index is 1.60. The average Bonchev–Trinajstić information content (AvgIpc) is 2.63. The first-order chi connectivity index (χ1) is 12.0. The molecule has 2 aromatic carbocycles. The number of carbonyl (C=O) groups excluding carboxylic acids is 1. The van der Waals surface area contributed by atoms with E-state index in [9.17, 15) is 18.0 Å². The molecule has 0 saturated carbocycles. The van der Waals surface area contributed by atoms with Crippen molar-refractivity contribution < 1.29 is 22.7 Å². The summed E-state index contributed by atoms with van der Waals surface area (Å²) in [6.07, 6.45) is 1.24. The zero-order valence-corrected chi connectivity index (χ0v) is 13.6. The Hall–Kier alpha value is -2.34. The summed E-state index contributed by atoms with van der Waals surface area (Å²) >= 11 is 0. The molecule has 1 fully saturated rings. The topological polar surface area (TPSA) is 29.5 Å². The standard InChI is InChI=1S/C19H18F3NO2/c20-15-8-6-13(7-9-15)19(24)23-10-2-4-16(11-23)25-12-14-3-1-5-17(21)18(14)22/h1,3,5-9,16H,2,4,10-12H2/t16-/m1/s1. The largest absolute Gasteiger partial charge is 0.372 e. The van der Waals surface area contributed by atoms with E-state index in [1.165, 1.54) is 36.4 Å². The molecule has 1 aliphatic rings. The smallest absolute Gasteiger partial charge is 0.253 e. The van der Waals surface area contributed by atoms with Gasteiger partial charge in [0.2, 0.25) is 0 Å². The summed E-state index contributed by atoms with van der Waals surface area (Å²) in [6.45, 7) is 0.907. The number of amides is 1. The summed E-state index contributed by atoms with van der Waals surface area (Å²) in [7, 11) is 0. The lowest BCUT2D eigenvalue weighted by atomic mass is 10.1. The lowest BCUT2D eigenvalue weighted by Gasteiger charge is -2.32.